The van der Waals surface area contributed by atoms with E-state index in [1.807, 2.05) is 24.3 Å². The smallest absolute Gasteiger partial charge is 0.124 e. The van der Waals surface area contributed by atoms with Gasteiger partial charge in [-0.25, -0.2) is 4.98 Å². The van der Waals surface area contributed by atoms with Crippen LogP contribution < -0.4 is 5.32 Å². The number of benzene rings is 2. The molecule has 0 aliphatic rings. The number of nitrogens with one attached hydrogen (secondary N) is 1. The molecule has 0 saturated carbocycles. The number of hydrogen-bond donors (Lipinski definition) is 1. The molecule has 3 rings (SSSR count). The highest BCUT2D eigenvalue weighted by Gasteiger charge is 2.10. The summed E-state index contributed by atoms with van der Waals surface area (Å²) in [5.41, 5.74) is 3.40. The van der Waals surface area contributed by atoms with E-state index >= 15 is 0 Å². The molecule has 0 fully saturated rings. The number of rotatable bonds is 7. The molecule has 0 amide bonds. The van der Waals surface area contributed by atoms with Gasteiger partial charge in [-0.2, -0.15) is 0 Å². The fraction of sp³-hybridized carbons (Fsp3) is 0.316. The lowest BCUT2D eigenvalue weighted by molar-refractivity contribution is 0.602. The van der Waals surface area contributed by atoms with Crippen molar-refractivity contribution in [3.8, 4) is 0 Å². The Morgan fingerprint density at radius 3 is 2.83 bits per heavy atom. The maximum absolute atomic E-state index is 6.12. The zero-order valence-corrected chi connectivity index (χ0v) is 14.2. The van der Waals surface area contributed by atoms with Gasteiger partial charge in [0.1, 0.15) is 5.82 Å². The number of imidazole rings is 1. The quantitative estimate of drug-likeness (QED) is 0.641. The molecule has 3 nitrogen and oxygen atoms in total. The molecule has 0 spiro atoms. The first-order valence-corrected chi connectivity index (χ1v) is 8.55. The molecule has 0 bridgehead atoms. The van der Waals surface area contributed by atoms with Crippen molar-refractivity contribution >= 4 is 22.6 Å². The molecule has 1 aromatic heterocycles. The first kappa shape index (κ1) is 16.0. The minimum Gasteiger partial charge on any atom is -0.322 e. The van der Waals surface area contributed by atoms with Gasteiger partial charge < -0.3 is 9.88 Å². The fourth-order valence-corrected chi connectivity index (χ4v) is 2.97. The molecule has 0 unspecified atom stereocenters. The number of nitrogens with zero attached hydrogens (tertiary/aromatic N) is 2. The van der Waals surface area contributed by atoms with Crippen LogP contribution in [0.1, 0.15) is 31.2 Å². The molecule has 0 saturated heterocycles. The molecule has 120 valence electrons. The van der Waals surface area contributed by atoms with Gasteiger partial charge in [-0.05, 0) is 42.8 Å². The van der Waals surface area contributed by atoms with E-state index in [9.17, 15) is 0 Å². The predicted molar refractivity (Wildman–Crippen MR) is 96.9 cm³/mol. The third-order valence-electron chi connectivity index (χ3n) is 3.95. The van der Waals surface area contributed by atoms with Gasteiger partial charge in [0.25, 0.3) is 0 Å². The number of aromatic nitrogens is 2. The molecular weight excluding hydrogens is 306 g/mol. The second-order valence-electron chi connectivity index (χ2n) is 5.76. The molecule has 0 atom stereocenters. The van der Waals surface area contributed by atoms with Crippen molar-refractivity contribution in [3.05, 3.63) is 64.9 Å². The summed E-state index contributed by atoms with van der Waals surface area (Å²) in [4.78, 5) is 4.80. The SMILES string of the molecule is CCCCNCc1nc2ccccc2n1Cc1cccc(Cl)c1. The lowest BCUT2D eigenvalue weighted by Gasteiger charge is -2.10. The highest BCUT2D eigenvalue weighted by atomic mass is 35.5. The highest BCUT2D eigenvalue weighted by Crippen LogP contribution is 2.19. The molecule has 0 aliphatic carbocycles. The van der Waals surface area contributed by atoms with E-state index in [0.717, 1.165) is 36.0 Å². The predicted octanol–water partition coefficient (Wildman–Crippen LogP) is 4.63. The summed E-state index contributed by atoms with van der Waals surface area (Å²) in [6.07, 6.45) is 2.39. The molecule has 1 heterocycles. The summed E-state index contributed by atoms with van der Waals surface area (Å²) in [5, 5.41) is 4.26. The van der Waals surface area contributed by atoms with Crippen LogP contribution in [0.2, 0.25) is 5.02 Å². The summed E-state index contributed by atoms with van der Waals surface area (Å²) < 4.78 is 2.28. The lowest BCUT2D eigenvalue weighted by atomic mass is 10.2. The summed E-state index contributed by atoms with van der Waals surface area (Å²) >= 11 is 6.12. The average Bonchev–Trinajstić information content (AvgIpc) is 2.90. The maximum atomic E-state index is 6.12. The van der Waals surface area contributed by atoms with Crippen molar-refractivity contribution in [2.75, 3.05) is 6.54 Å². The van der Waals surface area contributed by atoms with Crippen LogP contribution in [-0.2, 0) is 13.1 Å². The van der Waals surface area contributed by atoms with Crippen LogP contribution in [0.15, 0.2) is 48.5 Å². The van der Waals surface area contributed by atoms with Gasteiger partial charge in [-0.3, -0.25) is 0 Å². The Balaban J connectivity index is 1.89. The molecule has 4 heteroatoms. The zero-order chi connectivity index (χ0) is 16.1. The fourth-order valence-electron chi connectivity index (χ4n) is 2.76. The van der Waals surface area contributed by atoms with Crippen LogP contribution in [0.4, 0.5) is 0 Å². The van der Waals surface area contributed by atoms with Crippen LogP contribution in [0.5, 0.6) is 0 Å². The highest BCUT2D eigenvalue weighted by molar-refractivity contribution is 6.30. The van der Waals surface area contributed by atoms with Crippen molar-refractivity contribution in [1.82, 2.24) is 14.9 Å². The van der Waals surface area contributed by atoms with Crippen LogP contribution in [0, 0.1) is 0 Å². The first-order chi connectivity index (χ1) is 11.3. The number of para-hydroxylation sites is 2. The van der Waals surface area contributed by atoms with E-state index < -0.39 is 0 Å². The van der Waals surface area contributed by atoms with Crippen molar-refractivity contribution < 1.29 is 0 Å². The average molecular weight is 328 g/mol. The van der Waals surface area contributed by atoms with Crippen LogP contribution in [0.25, 0.3) is 11.0 Å². The van der Waals surface area contributed by atoms with Crippen molar-refractivity contribution in [3.63, 3.8) is 0 Å². The summed E-state index contributed by atoms with van der Waals surface area (Å²) in [6.45, 7) is 4.80. The van der Waals surface area contributed by atoms with E-state index in [4.69, 9.17) is 16.6 Å². The number of halogens is 1. The number of fused-ring (bicyclic) bond motifs is 1. The second kappa shape index (κ2) is 7.62. The number of unbranched alkanes of at least 4 members (excludes halogenated alkanes) is 1. The monoisotopic (exact) mass is 327 g/mol. The maximum Gasteiger partial charge on any atom is 0.124 e. The molecule has 3 aromatic rings. The number of hydrogen-bond acceptors (Lipinski definition) is 2. The topological polar surface area (TPSA) is 29.9 Å². The normalized spacial score (nSPS) is 11.2. The van der Waals surface area contributed by atoms with E-state index in [0.29, 0.717) is 0 Å². The standard InChI is InChI=1S/C19H22ClN3/c1-2-3-11-21-13-19-22-17-9-4-5-10-18(17)23(19)14-15-7-6-8-16(20)12-15/h4-10,12,21H,2-3,11,13-14H2,1H3. The summed E-state index contributed by atoms with van der Waals surface area (Å²) in [5.74, 6) is 1.07. The van der Waals surface area contributed by atoms with E-state index in [-0.39, 0.29) is 0 Å². The van der Waals surface area contributed by atoms with Gasteiger partial charge in [0.2, 0.25) is 0 Å². The van der Waals surface area contributed by atoms with Gasteiger partial charge in [-0.15, -0.1) is 0 Å². The molecular formula is C19H22ClN3. The minimum atomic E-state index is 0.773. The second-order valence-corrected chi connectivity index (χ2v) is 6.20. The van der Waals surface area contributed by atoms with Crippen LogP contribution in [-0.4, -0.2) is 16.1 Å². The van der Waals surface area contributed by atoms with E-state index in [1.54, 1.807) is 0 Å². The third-order valence-corrected chi connectivity index (χ3v) is 4.19. The molecule has 0 radical (unpaired) electrons. The largest absolute Gasteiger partial charge is 0.322 e. The lowest BCUT2D eigenvalue weighted by Crippen LogP contribution is -2.18. The molecule has 0 aliphatic heterocycles. The Morgan fingerprint density at radius 1 is 1.13 bits per heavy atom. The first-order valence-electron chi connectivity index (χ1n) is 8.17. The van der Waals surface area contributed by atoms with Crippen LogP contribution >= 0.6 is 11.6 Å². The van der Waals surface area contributed by atoms with Gasteiger partial charge in [-0.1, -0.05) is 49.2 Å². The molecule has 1 N–H and O–H groups in total. The van der Waals surface area contributed by atoms with E-state index in [1.165, 1.54) is 23.9 Å². The summed E-state index contributed by atoms with van der Waals surface area (Å²) in [6, 6.07) is 16.3. The Hall–Kier alpha value is -1.84. The van der Waals surface area contributed by atoms with Crippen molar-refractivity contribution in [2.24, 2.45) is 0 Å². The van der Waals surface area contributed by atoms with Crippen molar-refractivity contribution in [2.45, 2.75) is 32.9 Å². The van der Waals surface area contributed by atoms with Gasteiger partial charge >= 0.3 is 0 Å². The van der Waals surface area contributed by atoms with Gasteiger partial charge in [0, 0.05) is 11.6 Å². The van der Waals surface area contributed by atoms with Gasteiger partial charge in [0.05, 0.1) is 17.6 Å². The Kier molecular flexibility index (Phi) is 5.31. The Morgan fingerprint density at radius 2 is 2.00 bits per heavy atom. The molecule has 2 aromatic carbocycles. The Labute approximate surface area is 142 Å². The van der Waals surface area contributed by atoms with Crippen molar-refractivity contribution in [1.29, 1.82) is 0 Å². The minimum absolute atomic E-state index is 0.773. The zero-order valence-electron chi connectivity index (χ0n) is 13.4. The summed E-state index contributed by atoms with van der Waals surface area (Å²) in [7, 11) is 0. The Bertz CT molecular complexity index is 779. The van der Waals surface area contributed by atoms with Gasteiger partial charge in [0.15, 0.2) is 0 Å². The third kappa shape index (κ3) is 3.92. The van der Waals surface area contributed by atoms with E-state index in [2.05, 4.69) is 41.1 Å². The molecule has 23 heavy (non-hydrogen) atoms. The van der Waals surface area contributed by atoms with Crippen LogP contribution in [0.3, 0.4) is 0 Å².